The number of carbonyl (C=O) groups excluding carboxylic acids is 1. The molecule has 0 spiro atoms. The van der Waals surface area contributed by atoms with Crippen LogP contribution in [0.3, 0.4) is 0 Å². The molecule has 0 aliphatic heterocycles. The van der Waals surface area contributed by atoms with Crippen molar-refractivity contribution in [2.45, 2.75) is 37.1 Å². The summed E-state index contributed by atoms with van der Waals surface area (Å²) < 4.78 is 37.9. The van der Waals surface area contributed by atoms with Gasteiger partial charge in [-0.1, -0.05) is 18.2 Å². The van der Waals surface area contributed by atoms with Crippen molar-refractivity contribution in [1.29, 1.82) is 0 Å². The lowest BCUT2D eigenvalue weighted by Gasteiger charge is -2.21. The van der Waals surface area contributed by atoms with Gasteiger partial charge in [0.2, 0.25) is 0 Å². The molecule has 1 aliphatic rings. The molecule has 0 bridgehead atoms. The Morgan fingerprint density at radius 1 is 0.914 bits per heavy atom. The summed E-state index contributed by atoms with van der Waals surface area (Å²) in [5.74, 6) is 0.556. The third kappa shape index (κ3) is 4.98. The summed E-state index contributed by atoms with van der Waals surface area (Å²) in [7, 11) is 0.563. The SMILES string of the molecule is COc1ccc(S(=O)(=O)N(C)c2ccc(C(=O)N[C@H](C)c3ccc4c(c3)CCC4)cc2)cc1OC. The largest absolute Gasteiger partial charge is 0.493 e. The van der Waals surface area contributed by atoms with Gasteiger partial charge in [0.1, 0.15) is 0 Å². The molecule has 3 aromatic carbocycles. The van der Waals surface area contributed by atoms with Gasteiger partial charge in [0.25, 0.3) is 15.9 Å². The highest BCUT2D eigenvalue weighted by Crippen LogP contribution is 2.32. The normalized spacial score (nSPS) is 13.6. The summed E-state index contributed by atoms with van der Waals surface area (Å²) in [6.45, 7) is 1.96. The van der Waals surface area contributed by atoms with Crippen molar-refractivity contribution < 1.29 is 22.7 Å². The van der Waals surface area contributed by atoms with Crippen molar-refractivity contribution in [2.24, 2.45) is 0 Å². The molecular formula is C27H30N2O5S. The summed E-state index contributed by atoms with van der Waals surface area (Å²) in [4.78, 5) is 12.9. The number of nitrogens with zero attached hydrogens (tertiary/aromatic N) is 1. The predicted molar refractivity (Wildman–Crippen MR) is 136 cm³/mol. The Hall–Kier alpha value is -3.52. The van der Waals surface area contributed by atoms with E-state index in [4.69, 9.17) is 9.47 Å². The van der Waals surface area contributed by atoms with Gasteiger partial charge in [0.05, 0.1) is 30.8 Å². The van der Waals surface area contributed by atoms with Crippen LogP contribution < -0.4 is 19.1 Å². The third-order valence-corrected chi connectivity index (χ3v) is 8.26. The third-order valence-electron chi connectivity index (χ3n) is 6.48. The highest BCUT2D eigenvalue weighted by molar-refractivity contribution is 7.92. The van der Waals surface area contributed by atoms with Crippen molar-refractivity contribution in [3.05, 3.63) is 82.9 Å². The van der Waals surface area contributed by atoms with E-state index < -0.39 is 10.0 Å². The first kappa shape index (κ1) is 24.6. The topological polar surface area (TPSA) is 84.9 Å². The fourth-order valence-electron chi connectivity index (χ4n) is 4.32. The van der Waals surface area contributed by atoms with Gasteiger partial charge in [-0.15, -0.1) is 0 Å². The molecule has 3 aromatic rings. The first-order valence-electron chi connectivity index (χ1n) is 11.5. The molecule has 0 saturated heterocycles. The van der Waals surface area contributed by atoms with E-state index in [1.807, 2.05) is 6.92 Å². The lowest BCUT2D eigenvalue weighted by atomic mass is 10.0. The van der Waals surface area contributed by atoms with Crippen LogP contribution in [0.1, 0.15) is 46.4 Å². The number of amides is 1. The van der Waals surface area contributed by atoms with Gasteiger partial charge in [-0.25, -0.2) is 8.42 Å². The molecule has 1 amide bonds. The van der Waals surface area contributed by atoms with E-state index in [1.165, 1.54) is 55.3 Å². The number of nitrogens with one attached hydrogen (secondary N) is 1. The van der Waals surface area contributed by atoms with E-state index in [0.717, 1.165) is 18.4 Å². The van der Waals surface area contributed by atoms with Crippen LogP contribution in [-0.2, 0) is 22.9 Å². The average molecular weight is 495 g/mol. The number of aryl methyl sites for hydroxylation is 2. The maximum absolute atomic E-state index is 13.2. The highest BCUT2D eigenvalue weighted by Gasteiger charge is 2.23. The molecule has 0 heterocycles. The zero-order valence-corrected chi connectivity index (χ0v) is 21.2. The average Bonchev–Trinajstić information content (AvgIpc) is 3.35. The summed E-state index contributed by atoms with van der Waals surface area (Å²) in [6.07, 6.45) is 3.39. The zero-order chi connectivity index (χ0) is 25.2. The molecule has 1 N–H and O–H groups in total. The number of carbonyl (C=O) groups is 1. The van der Waals surface area contributed by atoms with Crippen LogP contribution in [0.25, 0.3) is 0 Å². The number of hydrogen-bond acceptors (Lipinski definition) is 5. The minimum atomic E-state index is -3.85. The van der Waals surface area contributed by atoms with E-state index in [0.29, 0.717) is 22.7 Å². The number of methoxy groups -OCH3 is 2. The molecule has 0 saturated carbocycles. The first-order chi connectivity index (χ1) is 16.7. The quantitative estimate of drug-likeness (QED) is 0.498. The molecular weight excluding hydrogens is 464 g/mol. The van der Waals surface area contributed by atoms with Gasteiger partial charge in [-0.3, -0.25) is 9.10 Å². The molecule has 0 unspecified atom stereocenters. The highest BCUT2D eigenvalue weighted by atomic mass is 32.2. The monoisotopic (exact) mass is 494 g/mol. The second-order valence-corrected chi connectivity index (χ2v) is 10.6. The van der Waals surface area contributed by atoms with Gasteiger partial charge in [0.15, 0.2) is 11.5 Å². The Morgan fingerprint density at radius 3 is 2.29 bits per heavy atom. The molecule has 7 nitrogen and oxygen atoms in total. The molecule has 0 aromatic heterocycles. The Kier molecular flexibility index (Phi) is 7.03. The number of benzene rings is 3. The van der Waals surface area contributed by atoms with E-state index in [1.54, 1.807) is 30.3 Å². The zero-order valence-electron chi connectivity index (χ0n) is 20.4. The standard InChI is InChI=1S/C27H30N2O5S/c1-18(21-9-8-19-6-5-7-22(19)16-21)28-27(30)20-10-12-23(13-11-20)29(2)35(31,32)24-14-15-25(33-3)26(17-24)34-4/h8-18H,5-7H2,1-4H3,(H,28,30)/t18-/m1/s1. The number of ether oxygens (including phenoxy) is 2. The molecule has 1 aliphatic carbocycles. The smallest absolute Gasteiger partial charge is 0.264 e. The van der Waals surface area contributed by atoms with Crippen LogP contribution in [0, 0.1) is 0 Å². The van der Waals surface area contributed by atoms with Gasteiger partial charge in [0, 0.05) is 18.7 Å². The van der Waals surface area contributed by atoms with Crippen molar-refractivity contribution >= 4 is 21.6 Å². The van der Waals surface area contributed by atoms with Crippen molar-refractivity contribution in [3.8, 4) is 11.5 Å². The van der Waals surface area contributed by atoms with Crippen LogP contribution in [-0.4, -0.2) is 35.6 Å². The maximum Gasteiger partial charge on any atom is 0.264 e. The van der Waals surface area contributed by atoms with Crippen molar-refractivity contribution in [2.75, 3.05) is 25.6 Å². The number of anilines is 1. The first-order valence-corrected chi connectivity index (χ1v) is 12.9. The second kappa shape index (κ2) is 10.00. The molecule has 184 valence electrons. The van der Waals surface area contributed by atoms with Gasteiger partial charge < -0.3 is 14.8 Å². The van der Waals surface area contributed by atoms with E-state index in [9.17, 15) is 13.2 Å². The van der Waals surface area contributed by atoms with E-state index >= 15 is 0 Å². The predicted octanol–water partition coefficient (Wildman–Crippen LogP) is 4.51. The van der Waals surface area contributed by atoms with E-state index in [2.05, 4.69) is 23.5 Å². The minimum absolute atomic E-state index is 0.0719. The summed E-state index contributed by atoms with van der Waals surface area (Å²) in [6, 6.07) is 17.2. The molecule has 0 radical (unpaired) electrons. The number of sulfonamides is 1. The second-order valence-electron chi connectivity index (χ2n) is 8.61. The van der Waals surface area contributed by atoms with Gasteiger partial charge in [-0.05, 0) is 79.3 Å². The summed E-state index contributed by atoms with van der Waals surface area (Å²) >= 11 is 0. The minimum Gasteiger partial charge on any atom is -0.493 e. The van der Waals surface area contributed by atoms with Crippen LogP contribution >= 0.6 is 0 Å². The lowest BCUT2D eigenvalue weighted by molar-refractivity contribution is 0.0940. The van der Waals surface area contributed by atoms with E-state index in [-0.39, 0.29) is 16.8 Å². The Morgan fingerprint density at radius 2 is 1.60 bits per heavy atom. The van der Waals surface area contributed by atoms with Crippen LogP contribution in [0.5, 0.6) is 11.5 Å². The van der Waals surface area contributed by atoms with Crippen LogP contribution in [0.4, 0.5) is 5.69 Å². The van der Waals surface area contributed by atoms with Crippen molar-refractivity contribution in [3.63, 3.8) is 0 Å². The number of rotatable bonds is 8. The summed E-state index contributed by atoms with van der Waals surface area (Å²) in [5.41, 5.74) is 4.74. The van der Waals surface area contributed by atoms with Gasteiger partial charge >= 0.3 is 0 Å². The fourth-order valence-corrected chi connectivity index (χ4v) is 5.53. The number of hydrogen-bond donors (Lipinski definition) is 1. The molecule has 0 fully saturated rings. The Balaban J connectivity index is 1.47. The van der Waals surface area contributed by atoms with Crippen LogP contribution in [0.15, 0.2) is 65.6 Å². The molecule has 35 heavy (non-hydrogen) atoms. The van der Waals surface area contributed by atoms with Gasteiger partial charge in [-0.2, -0.15) is 0 Å². The maximum atomic E-state index is 13.2. The fraction of sp³-hybridized carbons (Fsp3) is 0.296. The van der Waals surface area contributed by atoms with Crippen molar-refractivity contribution in [1.82, 2.24) is 5.32 Å². The Bertz CT molecular complexity index is 1340. The Labute approximate surface area is 206 Å². The molecule has 1 atom stereocenters. The molecule has 8 heteroatoms. The lowest BCUT2D eigenvalue weighted by Crippen LogP contribution is -2.28. The van der Waals surface area contributed by atoms with Crippen LogP contribution in [0.2, 0.25) is 0 Å². The molecule has 4 rings (SSSR count). The summed E-state index contributed by atoms with van der Waals surface area (Å²) in [5, 5.41) is 3.04. The number of fused-ring (bicyclic) bond motifs is 1.